The van der Waals surface area contributed by atoms with E-state index in [9.17, 15) is 4.79 Å². The van der Waals surface area contributed by atoms with Crippen molar-refractivity contribution in [3.8, 4) is 35.0 Å². The lowest BCUT2D eigenvalue weighted by atomic mass is 10.1. The molecule has 0 saturated carbocycles. The Hall–Kier alpha value is -2.92. The molecule has 1 aliphatic rings. The Bertz CT molecular complexity index is 1050. The second-order valence-corrected chi connectivity index (χ2v) is 6.07. The van der Waals surface area contributed by atoms with E-state index in [-0.39, 0.29) is 12.5 Å². The lowest BCUT2D eigenvalue weighted by Crippen LogP contribution is -2.19. The monoisotopic (exact) mass is 340 g/mol. The molecule has 3 aromatic rings. The molecule has 1 aromatic carbocycles. The number of fused-ring (bicyclic) bond motifs is 2. The topological polar surface area (TPSA) is 81.5 Å². The number of rotatable bonds is 3. The van der Waals surface area contributed by atoms with Gasteiger partial charge in [-0.25, -0.2) is 9.78 Å². The van der Waals surface area contributed by atoms with Gasteiger partial charge in [-0.3, -0.25) is 4.98 Å². The standard InChI is InChI=1S/C16H12N4O3S/c1-3-6-24-15-17-14-13(9(2)19-20(14)16(21)18-15)10-4-5-11-12(7-10)23-8-22-11/h1,4-5,7H,6,8H2,2H3,(H,17,18,21). The van der Waals surface area contributed by atoms with Crippen LogP contribution in [-0.2, 0) is 0 Å². The van der Waals surface area contributed by atoms with Gasteiger partial charge in [-0.2, -0.15) is 9.61 Å². The highest BCUT2D eigenvalue weighted by molar-refractivity contribution is 7.99. The zero-order valence-corrected chi connectivity index (χ0v) is 13.5. The van der Waals surface area contributed by atoms with Crippen molar-refractivity contribution in [2.75, 3.05) is 12.5 Å². The molecule has 0 fully saturated rings. The lowest BCUT2D eigenvalue weighted by Gasteiger charge is -2.03. The minimum atomic E-state index is -0.352. The van der Waals surface area contributed by atoms with Gasteiger partial charge in [-0.15, -0.1) is 6.42 Å². The Kier molecular flexibility index (Phi) is 3.43. The Morgan fingerprint density at radius 3 is 3.08 bits per heavy atom. The third kappa shape index (κ3) is 2.30. The summed E-state index contributed by atoms with van der Waals surface area (Å²) in [4.78, 5) is 19.4. The van der Waals surface area contributed by atoms with E-state index in [1.165, 1.54) is 16.3 Å². The van der Waals surface area contributed by atoms with Crippen molar-refractivity contribution in [1.82, 2.24) is 19.6 Å². The van der Waals surface area contributed by atoms with Crippen LogP contribution in [-0.4, -0.2) is 32.1 Å². The summed E-state index contributed by atoms with van der Waals surface area (Å²) in [5.41, 5.74) is 2.47. The maximum absolute atomic E-state index is 12.2. The van der Waals surface area contributed by atoms with E-state index >= 15 is 0 Å². The van der Waals surface area contributed by atoms with Crippen LogP contribution in [0.4, 0.5) is 0 Å². The highest BCUT2D eigenvalue weighted by Crippen LogP contribution is 2.37. The Balaban J connectivity index is 1.91. The van der Waals surface area contributed by atoms with Crippen LogP contribution in [0.1, 0.15) is 5.69 Å². The summed E-state index contributed by atoms with van der Waals surface area (Å²) in [5, 5.41) is 4.76. The van der Waals surface area contributed by atoms with Crippen LogP contribution < -0.4 is 15.2 Å². The molecule has 0 atom stereocenters. The number of aromatic amines is 1. The second kappa shape index (κ2) is 5.62. The maximum atomic E-state index is 12.2. The van der Waals surface area contributed by atoms with Gasteiger partial charge in [0.2, 0.25) is 6.79 Å². The third-order valence-corrected chi connectivity index (χ3v) is 4.38. The second-order valence-electron chi connectivity index (χ2n) is 5.10. The normalized spacial score (nSPS) is 12.5. The predicted octanol–water partition coefficient (Wildman–Crippen LogP) is 1.85. The first-order valence-electron chi connectivity index (χ1n) is 7.13. The summed E-state index contributed by atoms with van der Waals surface area (Å²) in [6.45, 7) is 2.04. The van der Waals surface area contributed by atoms with Gasteiger partial charge >= 0.3 is 5.69 Å². The number of benzene rings is 1. The van der Waals surface area contributed by atoms with Crippen LogP contribution in [0.5, 0.6) is 11.5 Å². The van der Waals surface area contributed by atoms with Crippen LogP contribution in [0, 0.1) is 19.3 Å². The zero-order valence-electron chi connectivity index (χ0n) is 12.7. The molecule has 0 spiro atoms. The first kappa shape index (κ1) is 14.7. The van der Waals surface area contributed by atoms with Gasteiger partial charge in [0, 0.05) is 5.56 Å². The average Bonchev–Trinajstić information content (AvgIpc) is 3.16. The molecule has 0 aliphatic carbocycles. The first-order valence-corrected chi connectivity index (χ1v) is 8.12. The van der Waals surface area contributed by atoms with E-state index in [1.54, 1.807) is 0 Å². The number of ether oxygens (including phenoxy) is 2. The average molecular weight is 340 g/mol. The Morgan fingerprint density at radius 1 is 1.42 bits per heavy atom. The van der Waals surface area contributed by atoms with Crippen LogP contribution >= 0.6 is 11.8 Å². The van der Waals surface area contributed by atoms with Gasteiger partial charge in [0.1, 0.15) is 0 Å². The third-order valence-electron chi connectivity index (χ3n) is 3.60. The van der Waals surface area contributed by atoms with E-state index in [0.717, 1.165) is 11.1 Å². The van der Waals surface area contributed by atoms with Gasteiger partial charge in [0.15, 0.2) is 22.3 Å². The van der Waals surface area contributed by atoms with Crippen molar-refractivity contribution >= 4 is 17.4 Å². The molecule has 1 aliphatic heterocycles. The highest BCUT2D eigenvalue weighted by Gasteiger charge is 2.20. The van der Waals surface area contributed by atoms with Crippen LogP contribution in [0.2, 0.25) is 0 Å². The van der Waals surface area contributed by atoms with E-state index in [1.807, 2.05) is 25.1 Å². The molecule has 8 heteroatoms. The Morgan fingerprint density at radius 2 is 2.25 bits per heavy atom. The molecule has 0 amide bonds. The molecule has 1 N–H and O–H groups in total. The van der Waals surface area contributed by atoms with Crippen molar-refractivity contribution in [3.05, 3.63) is 34.4 Å². The fourth-order valence-corrected chi connectivity index (χ4v) is 3.13. The number of nitrogens with zero attached hydrogens (tertiary/aromatic N) is 3. The van der Waals surface area contributed by atoms with Gasteiger partial charge in [0.25, 0.3) is 0 Å². The van der Waals surface area contributed by atoms with Gasteiger partial charge in [-0.05, 0) is 24.6 Å². The fourth-order valence-electron chi connectivity index (χ4n) is 2.60. The van der Waals surface area contributed by atoms with Crippen molar-refractivity contribution in [3.63, 3.8) is 0 Å². The van der Waals surface area contributed by atoms with E-state index in [0.29, 0.717) is 33.7 Å². The molecule has 120 valence electrons. The summed E-state index contributed by atoms with van der Waals surface area (Å²) >= 11 is 1.29. The lowest BCUT2D eigenvalue weighted by molar-refractivity contribution is 0.174. The minimum Gasteiger partial charge on any atom is -0.454 e. The van der Waals surface area contributed by atoms with Crippen LogP contribution in [0.3, 0.4) is 0 Å². The number of aromatic nitrogens is 4. The number of hydrogen-bond acceptors (Lipinski definition) is 6. The fraction of sp³-hybridized carbons (Fsp3) is 0.188. The summed E-state index contributed by atoms with van der Waals surface area (Å²) in [6, 6.07) is 5.60. The molecule has 4 rings (SSSR count). The van der Waals surface area contributed by atoms with Crippen LogP contribution in [0.25, 0.3) is 16.8 Å². The molecule has 7 nitrogen and oxygen atoms in total. The van der Waals surface area contributed by atoms with Crippen LogP contribution in [0.15, 0.2) is 28.2 Å². The van der Waals surface area contributed by atoms with Crippen molar-refractivity contribution in [2.24, 2.45) is 0 Å². The highest BCUT2D eigenvalue weighted by atomic mass is 32.2. The number of thioether (sulfide) groups is 1. The summed E-state index contributed by atoms with van der Waals surface area (Å²) < 4.78 is 12.0. The SMILES string of the molecule is C#CCSc1nc2c(-c3ccc4c(c3)OCO4)c(C)nn2c(=O)[nH]1. The predicted molar refractivity (Wildman–Crippen MR) is 89.5 cm³/mol. The van der Waals surface area contributed by atoms with Crippen molar-refractivity contribution < 1.29 is 9.47 Å². The van der Waals surface area contributed by atoms with E-state index < -0.39 is 0 Å². The molecular weight excluding hydrogens is 328 g/mol. The molecular formula is C16H12N4O3S. The smallest absolute Gasteiger partial charge is 0.350 e. The molecule has 0 bridgehead atoms. The minimum absolute atomic E-state index is 0.206. The van der Waals surface area contributed by atoms with Crippen molar-refractivity contribution in [1.29, 1.82) is 0 Å². The first-order chi connectivity index (χ1) is 11.7. The molecule has 0 radical (unpaired) electrons. The van der Waals surface area contributed by atoms with Gasteiger partial charge < -0.3 is 9.47 Å². The van der Waals surface area contributed by atoms with Gasteiger partial charge in [-0.1, -0.05) is 23.7 Å². The quantitative estimate of drug-likeness (QED) is 0.579. The molecule has 0 unspecified atom stereocenters. The zero-order chi connectivity index (χ0) is 16.7. The van der Waals surface area contributed by atoms with E-state index in [2.05, 4.69) is 21.0 Å². The summed E-state index contributed by atoms with van der Waals surface area (Å²) in [5.74, 6) is 4.30. The molecule has 0 saturated heterocycles. The maximum Gasteiger partial charge on any atom is 0.350 e. The Labute approximate surface area is 141 Å². The number of H-pyrrole nitrogens is 1. The summed E-state index contributed by atoms with van der Waals surface area (Å²) in [6.07, 6.45) is 5.27. The number of nitrogens with one attached hydrogen (secondary N) is 1. The number of terminal acetylenes is 1. The number of aryl methyl sites for hydroxylation is 1. The molecule has 2 aromatic heterocycles. The number of hydrogen-bond donors (Lipinski definition) is 1. The molecule has 24 heavy (non-hydrogen) atoms. The van der Waals surface area contributed by atoms with E-state index in [4.69, 9.17) is 15.9 Å². The molecule has 3 heterocycles. The largest absolute Gasteiger partial charge is 0.454 e. The van der Waals surface area contributed by atoms with Gasteiger partial charge in [0.05, 0.1) is 11.4 Å². The summed E-state index contributed by atoms with van der Waals surface area (Å²) in [7, 11) is 0. The van der Waals surface area contributed by atoms with Crippen molar-refractivity contribution in [2.45, 2.75) is 12.1 Å².